The maximum Gasteiger partial charge on any atom is 0.258 e. The number of carbonyl (C=O) groups excluding carboxylic acids is 1. The van der Waals surface area contributed by atoms with Gasteiger partial charge in [0.1, 0.15) is 5.75 Å². The summed E-state index contributed by atoms with van der Waals surface area (Å²) in [5.74, 6) is 0.435. The van der Waals surface area contributed by atoms with Gasteiger partial charge >= 0.3 is 0 Å². The minimum absolute atomic E-state index is 0.155. The Morgan fingerprint density at radius 1 is 1.00 bits per heavy atom. The van der Waals surface area contributed by atoms with Crippen LogP contribution in [-0.4, -0.2) is 22.6 Å². The molecule has 0 atom stereocenters. The van der Waals surface area contributed by atoms with Gasteiger partial charge in [-0.3, -0.25) is 14.6 Å². The first-order valence-electron chi connectivity index (χ1n) is 9.59. The van der Waals surface area contributed by atoms with Gasteiger partial charge in [-0.15, -0.1) is 0 Å². The highest BCUT2D eigenvalue weighted by Gasteiger charge is 2.15. The Kier molecular flexibility index (Phi) is 5.57. The van der Waals surface area contributed by atoms with Crippen LogP contribution >= 0.6 is 0 Å². The lowest BCUT2D eigenvalue weighted by molar-refractivity contribution is 0.0951. The molecule has 0 spiro atoms. The van der Waals surface area contributed by atoms with Crippen LogP contribution in [0.15, 0.2) is 83.9 Å². The van der Waals surface area contributed by atoms with Gasteiger partial charge in [0.05, 0.1) is 31.5 Å². The fraction of sp³-hybridized carbons (Fsp3) is 0.125. The average molecular weight is 399 g/mol. The molecule has 2 heterocycles. The first kappa shape index (κ1) is 19.4. The monoisotopic (exact) mass is 399 g/mol. The number of para-hydroxylation sites is 1. The predicted octanol–water partition coefficient (Wildman–Crippen LogP) is 3.38. The summed E-state index contributed by atoms with van der Waals surface area (Å²) in [5.41, 5.74) is 1.91. The van der Waals surface area contributed by atoms with E-state index < -0.39 is 0 Å². The predicted molar refractivity (Wildman–Crippen MR) is 116 cm³/mol. The summed E-state index contributed by atoms with van der Waals surface area (Å²) in [6, 6.07) is 20.2. The van der Waals surface area contributed by atoms with Gasteiger partial charge in [-0.25, -0.2) is 0 Å². The molecule has 0 aliphatic rings. The number of pyridine rings is 2. The molecule has 1 amide bonds. The molecule has 0 radical (unpaired) electrons. The normalized spacial score (nSPS) is 10.7. The molecule has 150 valence electrons. The molecule has 6 nitrogen and oxygen atoms in total. The summed E-state index contributed by atoms with van der Waals surface area (Å²) in [7, 11) is 1.60. The van der Waals surface area contributed by atoms with Crippen LogP contribution in [0.25, 0.3) is 10.8 Å². The number of methoxy groups -OCH3 is 1. The van der Waals surface area contributed by atoms with Crippen LogP contribution in [0.2, 0.25) is 0 Å². The van der Waals surface area contributed by atoms with Crippen molar-refractivity contribution < 1.29 is 9.53 Å². The summed E-state index contributed by atoms with van der Waals surface area (Å²) >= 11 is 0. The second-order valence-corrected chi connectivity index (χ2v) is 6.84. The highest BCUT2D eigenvalue weighted by atomic mass is 16.5. The van der Waals surface area contributed by atoms with E-state index in [1.807, 2.05) is 48.5 Å². The highest BCUT2D eigenvalue weighted by molar-refractivity contribution is 6.06. The van der Waals surface area contributed by atoms with Crippen molar-refractivity contribution in [1.29, 1.82) is 0 Å². The van der Waals surface area contributed by atoms with Crippen LogP contribution in [0.3, 0.4) is 0 Å². The van der Waals surface area contributed by atoms with Gasteiger partial charge in [-0.1, -0.05) is 42.5 Å². The SMILES string of the molecule is COc1ccccc1Cn1cc(C(=O)NCc2ccccn2)c2ccccc2c1=O. The van der Waals surface area contributed by atoms with E-state index in [1.165, 1.54) is 0 Å². The molecule has 0 aliphatic heterocycles. The van der Waals surface area contributed by atoms with Gasteiger partial charge in [-0.2, -0.15) is 0 Å². The van der Waals surface area contributed by atoms with Crippen molar-refractivity contribution in [3.63, 3.8) is 0 Å². The van der Waals surface area contributed by atoms with E-state index in [0.29, 0.717) is 35.2 Å². The molecule has 0 saturated carbocycles. The Balaban J connectivity index is 1.73. The standard InChI is InChI=1S/C24H21N3O3/c1-30-22-12-5-2-8-17(22)15-27-16-21(19-10-3-4-11-20(19)24(27)29)23(28)26-14-18-9-6-7-13-25-18/h2-13,16H,14-15H2,1H3,(H,26,28). The zero-order chi connectivity index (χ0) is 20.9. The van der Waals surface area contributed by atoms with E-state index in [-0.39, 0.29) is 11.5 Å². The molecule has 0 unspecified atom stereocenters. The number of benzene rings is 2. The zero-order valence-corrected chi connectivity index (χ0v) is 16.5. The van der Waals surface area contributed by atoms with Crippen LogP contribution in [0.1, 0.15) is 21.6 Å². The molecule has 4 rings (SSSR count). The number of hydrogen-bond donors (Lipinski definition) is 1. The van der Waals surface area contributed by atoms with Crippen LogP contribution in [-0.2, 0) is 13.1 Å². The molecule has 0 saturated heterocycles. The maximum absolute atomic E-state index is 13.1. The van der Waals surface area contributed by atoms with Gasteiger partial charge in [0.2, 0.25) is 0 Å². The van der Waals surface area contributed by atoms with Crippen molar-refractivity contribution in [3.05, 3.63) is 106 Å². The Bertz CT molecular complexity index is 1250. The number of carbonyl (C=O) groups is 1. The Hall–Kier alpha value is -3.93. The van der Waals surface area contributed by atoms with Crippen molar-refractivity contribution in [2.45, 2.75) is 13.1 Å². The first-order chi connectivity index (χ1) is 14.7. The van der Waals surface area contributed by atoms with Gasteiger partial charge < -0.3 is 14.6 Å². The molecule has 2 aromatic heterocycles. The van der Waals surface area contributed by atoms with Crippen molar-refractivity contribution >= 4 is 16.7 Å². The number of aromatic nitrogens is 2. The van der Waals surface area contributed by atoms with Crippen molar-refractivity contribution in [3.8, 4) is 5.75 Å². The Morgan fingerprint density at radius 3 is 2.50 bits per heavy atom. The third-order valence-corrected chi connectivity index (χ3v) is 4.93. The zero-order valence-electron chi connectivity index (χ0n) is 16.5. The third-order valence-electron chi connectivity index (χ3n) is 4.93. The molecule has 2 aromatic carbocycles. The summed E-state index contributed by atoms with van der Waals surface area (Å²) in [6.45, 7) is 0.605. The van der Waals surface area contributed by atoms with E-state index in [2.05, 4.69) is 10.3 Å². The minimum atomic E-state index is -0.259. The number of hydrogen-bond acceptors (Lipinski definition) is 4. The fourth-order valence-corrected chi connectivity index (χ4v) is 3.43. The lowest BCUT2D eigenvalue weighted by atomic mass is 10.1. The molecular formula is C24H21N3O3. The van der Waals surface area contributed by atoms with Crippen molar-refractivity contribution in [1.82, 2.24) is 14.9 Å². The number of nitrogens with zero attached hydrogens (tertiary/aromatic N) is 2. The number of nitrogens with one attached hydrogen (secondary N) is 1. The lowest BCUT2D eigenvalue weighted by Gasteiger charge is -2.14. The third kappa shape index (κ3) is 3.93. The van der Waals surface area contributed by atoms with Gasteiger partial charge in [-0.05, 0) is 24.3 Å². The van der Waals surface area contributed by atoms with Crippen molar-refractivity contribution in [2.75, 3.05) is 7.11 Å². The molecule has 4 aromatic rings. The molecule has 0 bridgehead atoms. The molecule has 30 heavy (non-hydrogen) atoms. The molecule has 1 N–H and O–H groups in total. The number of rotatable bonds is 6. The summed E-state index contributed by atoms with van der Waals surface area (Å²) in [6.07, 6.45) is 3.30. The van der Waals surface area contributed by atoms with E-state index in [9.17, 15) is 9.59 Å². The Morgan fingerprint density at radius 2 is 1.73 bits per heavy atom. The Labute approximate surface area is 173 Å². The van der Waals surface area contributed by atoms with Crippen LogP contribution < -0.4 is 15.6 Å². The largest absolute Gasteiger partial charge is 0.496 e. The van der Waals surface area contributed by atoms with Crippen LogP contribution in [0.5, 0.6) is 5.75 Å². The van der Waals surface area contributed by atoms with Gasteiger partial charge in [0, 0.05) is 28.7 Å². The first-order valence-corrected chi connectivity index (χ1v) is 9.59. The lowest BCUT2D eigenvalue weighted by Crippen LogP contribution is -2.28. The van der Waals surface area contributed by atoms with E-state index in [0.717, 1.165) is 11.3 Å². The molecule has 6 heteroatoms. The van der Waals surface area contributed by atoms with Crippen LogP contribution in [0.4, 0.5) is 0 Å². The van der Waals surface area contributed by atoms with Gasteiger partial charge in [0.15, 0.2) is 0 Å². The van der Waals surface area contributed by atoms with Gasteiger partial charge in [0.25, 0.3) is 11.5 Å². The highest BCUT2D eigenvalue weighted by Crippen LogP contribution is 2.20. The minimum Gasteiger partial charge on any atom is -0.496 e. The topological polar surface area (TPSA) is 73.2 Å². The summed E-state index contributed by atoms with van der Waals surface area (Å²) in [4.78, 5) is 30.3. The van der Waals surface area contributed by atoms with Crippen LogP contribution in [0, 0.1) is 0 Å². The maximum atomic E-state index is 13.1. The summed E-state index contributed by atoms with van der Waals surface area (Å²) < 4.78 is 6.96. The number of amides is 1. The fourth-order valence-electron chi connectivity index (χ4n) is 3.43. The van der Waals surface area contributed by atoms with Crippen molar-refractivity contribution in [2.24, 2.45) is 0 Å². The average Bonchev–Trinajstić information content (AvgIpc) is 2.80. The number of fused-ring (bicyclic) bond motifs is 1. The quantitative estimate of drug-likeness (QED) is 0.539. The molecule has 0 aliphatic carbocycles. The van der Waals surface area contributed by atoms with E-state index in [4.69, 9.17) is 4.74 Å². The smallest absolute Gasteiger partial charge is 0.258 e. The molecule has 0 fully saturated rings. The second kappa shape index (κ2) is 8.61. The number of ether oxygens (including phenoxy) is 1. The summed E-state index contributed by atoms with van der Waals surface area (Å²) in [5, 5.41) is 4.02. The molecular weight excluding hydrogens is 378 g/mol. The van der Waals surface area contributed by atoms with E-state index in [1.54, 1.807) is 42.3 Å². The van der Waals surface area contributed by atoms with E-state index >= 15 is 0 Å². The second-order valence-electron chi connectivity index (χ2n) is 6.84.